The molecule has 2 aromatic rings. The molecule has 2 amide bonds. The summed E-state index contributed by atoms with van der Waals surface area (Å²) in [6, 6.07) is 12.6. The minimum absolute atomic E-state index is 0.00575. The summed E-state index contributed by atoms with van der Waals surface area (Å²) in [5.41, 5.74) is 3.07. The maximum atomic E-state index is 12.2. The molecule has 0 atom stereocenters. The highest BCUT2D eigenvalue weighted by atomic mass is 79.9. The summed E-state index contributed by atoms with van der Waals surface area (Å²) < 4.78 is 0.902. The second kappa shape index (κ2) is 7.92. The molecular formula is C18H19BrN2O2. The zero-order chi connectivity index (χ0) is 16.8. The van der Waals surface area contributed by atoms with E-state index in [-0.39, 0.29) is 11.8 Å². The number of nitrogens with one attached hydrogen (secondary N) is 2. The highest BCUT2D eigenvalue weighted by Gasteiger charge is 2.08. The molecule has 120 valence electrons. The number of rotatable bonds is 5. The van der Waals surface area contributed by atoms with Crippen LogP contribution in [0.4, 0.5) is 11.4 Å². The van der Waals surface area contributed by atoms with Crippen molar-refractivity contribution < 1.29 is 9.59 Å². The topological polar surface area (TPSA) is 58.2 Å². The van der Waals surface area contributed by atoms with Gasteiger partial charge in [0.2, 0.25) is 5.91 Å². The largest absolute Gasteiger partial charge is 0.326 e. The molecule has 23 heavy (non-hydrogen) atoms. The third kappa shape index (κ3) is 4.93. The molecule has 4 nitrogen and oxygen atoms in total. The van der Waals surface area contributed by atoms with E-state index in [9.17, 15) is 9.59 Å². The molecule has 0 aliphatic rings. The number of aryl methyl sites for hydroxylation is 1. The number of hydrogen-bond donors (Lipinski definition) is 2. The van der Waals surface area contributed by atoms with Gasteiger partial charge >= 0.3 is 0 Å². The van der Waals surface area contributed by atoms with Crippen LogP contribution in [-0.4, -0.2) is 11.8 Å². The van der Waals surface area contributed by atoms with E-state index in [2.05, 4.69) is 26.6 Å². The van der Waals surface area contributed by atoms with Gasteiger partial charge in [0.15, 0.2) is 0 Å². The number of amides is 2. The molecule has 5 heteroatoms. The lowest BCUT2D eigenvalue weighted by atomic mass is 10.1. The summed E-state index contributed by atoms with van der Waals surface area (Å²) in [7, 11) is 0. The number of hydrogen-bond acceptors (Lipinski definition) is 2. The molecule has 0 aliphatic heterocycles. The van der Waals surface area contributed by atoms with Gasteiger partial charge in [0.1, 0.15) is 0 Å². The summed E-state index contributed by atoms with van der Waals surface area (Å²) in [6.07, 6.45) is 1.31. The maximum Gasteiger partial charge on any atom is 0.255 e. The molecule has 0 aromatic heterocycles. The Labute approximate surface area is 144 Å². The van der Waals surface area contributed by atoms with E-state index in [0.717, 1.165) is 22.1 Å². The van der Waals surface area contributed by atoms with E-state index in [1.54, 1.807) is 36.4 Å². The first kappa shape index (κ1) is 17.2. The van der Waals surface area contributed by atoms with E-state index in [4.69, 9.17) is 0 Å². The summed E-state index contributed by atoms with van der Waals surface area (Å²) >= 11 is 3.42. The Hall–Kier alpha value is -2.14. The number of carbonyl (C=O) groups excluding carboxylic acids is 2. The van der Waals surface area contributed by atoms with Crippen molar-refractivity contribution in [3.05, 3.63) is 58.1 Å². The zero-order valence-corrected chi connectivity index (χ0v) is 14.7. The monoisotopic (exact) mass is 374 g/mol. The van der Waals surface area contributed by atoms with Crippen LogP contribution in [0.25, 0.3) is 0 Å². The molecule has 2 rings (SSSR count). The fourth-order valence-electron chi connectivity index (χ4n) is 2.02. The average molecular weight is 375 g/mol. The number of carbonyl (C=O) groups is 2. The van der Waals surface area contributed by atoms with Gasteiger partial charge in [0, 0.05) is 27.8 Å². The van der Waals surface area contributed by atoms with E-state index < -0.39 is 0 Å². The number of benzene rings is 2. The van der Waals surface area contributed by atoms with E-state index in [1.165, 1.54) is 0 Å². The van der Waals surface area contributed by atoms with Gasteiger partial charge in [0.25, 0.3) is 5.91 Å². The fraction of sp³-hybridized carbons (Fsp3) is 0.222. The van der Waals surface area contributed by atoms with Gasteiger partial charge in [-0.1, -0.05) is 28.9 Å². The van der Waals surface area contributed by atoms with Crippen LogP contribution < -0.4 is 10.6 Å². The first-order valence-corrected chi connectivity index (χ1v) is 8.26. The van der Waals surface area contributed by atoms with Crippen LogP contribution in [0.3, 0.4) is 0 Å². The van der Waals surface area contributed by atoms with Gasteiger partial charge in [-0.2, -0.15) is 0 Å². The van der Waals surface area contributed by atoms with Gasteiger partial charge in [-0.15, -0.1) is 0 Å². The molecule has 0 bridgehead atoms. The molecule has 2 aromatic carbocycles. The second-order valence-electron chi connectivity index (χ2n) is 5.29. The first-order valence-electron chi connectivity index (χ1n) is 7.47. The lowest BCUT2D eigenvalue weighted by Crippen LogP contribution is -2.13. The van der Waals surface area contributed by atoms with Crippen molar-refractivity contribution in [2.75, 3.05) is 10.6 Å². The van der Waals surface area contributed by atoms with Crippen LogP contribution in [0.2, 0.25) is 0 Å². The van der Waals surface area contributed by atoms with Crippen molar-refractivity contribution in [1.29, 1.82) is 0 Å². The van der Waals surface area contributed by atoms with Crippen LogP contribution >= 0.6 is 15.9 Å². The average Bonchev–Trinajstić information content (AvgIpc) is 2.52. The SMILES string of the molecule is CCCC(=O)Nc1ccc(NC(=O)c2ccc(C)c(Br)c2)cc1. The van der Waals surface area contributed by atoms with Crippen molar-refractivity contribution in [1.82, 2.24) is 0 Å². The lowest BCUT2D eigenvalue weighted by molar-refractivity contribution is -0.116. The van der Waals surface area contributed by atoms with E-state index >= 15 is 0 Å². The third-order valence-corrected chi connectivity index (χ3v) is 4.19. The van der Waals surface area contributed by atoms with E-state index in [0.29, 0.717) is 17.7 Å². The standard InChI is InChI=1S/C18H19BrN2O2/c1-3-4-17(22)20-14-7-9-15(10-8-14)21-18(23)13-6-5-12(2)16(19)11-13/h5-11H,3-4H2,1-2H3,(H,20,22)(H,21,23). The van der Waals surface area contributed by atoms with Gasteiger partial charge in [-0.25, -0.2) is 0 Å². The van der Waals surface area contributed by atoms with Crippen LogP contribution in [0, 0.1) is 6.92 Å². The van der Waals surface area contributed by atoms with Gasteiger partial charge in [0.05, 0.1) is 0 Å². The second-order valence-corrected chi connectivity index (χ2v) is 6.15. The Balaban J connectivity index is 2.01. The lowest BCUT2D eigenvalue weighted by Gasteiger charge is -2.08. The van der Waals surface area contributed by atoms with Crippen molar-refractivity contribution in [3.8, 4) is 0 Å². The summed E-state index contributed by atoms with van der Waals surface area (Å²) in [4.78, 5) is 23.8. The molecule has 0 saturated carbocycles. The van der Waals surface area contributed by atoms with Crippen molar-refractivity contribution in [2.45, 2.75) is 26.7 Å². The molecule has 0 saturated heterocycles. The normalized spacial score (nSPS) is 10.2. The minimum atomic E-state index is -0.173. The molecule has 0 spiro atoms. The number of anilines is 2. The van der Waals surface area contributed by atoms with Crippen molar-refractivity contribution in [2.24, 2.45) is 0 Å². The summed E-state index contributed by atoms with van der Waals surface area (Å²) in [5.74, 6) is -0.178. The molecule has 0 fully saturated rings. The maximum absolute atomic E-state index is 12.2. The summed E-state index contributed by atoms with van der Waals surface area (Å²) in [5, 5.41) is 5.65. The smallest absolute Gasteiger partial charge is 0.255 e. The third-order valence-electron chi connectivity index (χ3n) is 3.34. The predicted molar refractivity (Wildman–Crippen MR) is 96.8 cm³/mol. The Morgan fingerprint density at radius 2 is 1.61 bits per heavy atom. The number of halogens is 1. The summed E-state index contributed by atoms with van der Waals surface area (Å²) in [6.45, 7) is 3.93. The molecule has 2 N–H and O–H groups in total. The van der Waals surface area contributed by atoms with Crippen molar-refractivity contribution >= 4 is 39.1 Å². The zero-order valence-electron chi connectivity index (χ0n) is 13.2. The predicted octanol–water partition coefficient (Wildman–Crippen LogP) is 4.75. The molecule has 0 unspecified atom stereocenters. The molecule has 0 heterocycles. The van der Waals surface area contributed by atoms with Crippen LogP contribution in [0.15, 0.2) is 46.9 Å². The highest BCUT2D eigenvalue weighted by molar-refractivity contribution is 9.10. The molecule has 0 radical (unpaired) electrons. The minimum Gasteiger partial charge on any atom is -0.326 e. The van der Waals surface area contributed by atoms with E-state index in [1.807, 2.05) is 19.9 Å². The van der Waals surface area contributed by atoms with Crippen molar-refractivity contribution in [3.63, 3.8) is 0 Å². The van der Waals surface area contributed by atoms with Crippen LogP contribution in [-0.2, 0) is 4.79 Å². The Morgan fingerprint density at radius 3 is 2.17 bits per heavy atom. The Bertz CT molecular complexity index is 711. The molecule has 0 aliphatic carbocycles. The van der Waals surface area contributed by atoms with Crippen LogP contribution in [0.1, 0.15) is 35.7 Å². The Morgan fingerprint density at radius 1 is 1.00 bits per heavy atom. The molecular weight excluding hydrogens is 356 g/mol. The Kier molecular flexibility index (Phi) is 5.93. The van der Waals surface area contributed by atoms with Crippen LogP contribution in [0.5, 0.6) is 0 Å². The highest BCUT2D eigenvalue weighted by Crippen LogP contribution is 2.19. The quantitative estimate of drug-likeness (QED) is 0.793. The van der Waals surface area contributed by atoms with Gasteiger partial charge in [-0.3, -0.25) is 9.59 Å². The fourth-order valence-corrected chi connectivity index (χ4v) is 2.40. The first-order chi connectivity index (χ1) is 11.0. The van der Waals surface area contributed by atoms with Gasteiger partial charge in [-0.05, 0) is 55.3 Å². The van der Waals surface area contributed by atoms with Gasteiger partial charge < -0.3 is 10.6 Å².